The second-order valence-electron chi connectivity index (χ2n) is 4.61. The summed E-state index contributed by atoms with van der Waals surface area (Å²) in [6.07, 6.45) is 5.39. The van der Waals surface area contributed by atoms with E-state index in [1.54, 1.807) is 0 Å². The highest BCUT2D eigenvalue weighted by molar-refractivity contribution is 4.92. The highest BCUT2D eigenvalue weighted by atomic mass is 15.0. The highest BCUT2D eigenvalue weighted by Gasteiger charge is 2.34. The maximum atomic E-state index is 3.61. The van der Waals surface area contributed by atoms with E-state index in [0.29, 0.717) is 6.04 Å². The molecule has 14 heavy (non-hydrogen) atoms. The average molecular weight is 198 g/mol. The van der Waals surface area contributed by atoms with Gasteiger partial charge in [0.1, 0.15) is 0 Å². The van der Waals surface area contributed by atoms with E-state index in [9.17, 15) is 0 Å². The number of rotatable bonds is 8. The van der Waals surface area contributed by atoms with E-state index in [4.69, 9.17) is 0 Å². The first kappa shape index (κ1) is 12.0. The molecular weight excluding hydrogens is 172 g/mol. The normalized spacial score (nSPS) is 27.6. The molecule has 84 valence electrons. The molecule has 1 fully saturated rings. The third-order valence-electron chi connectivity index (χ3n) is 3.22. The Morgan fingerprint density at radius 1 is 1.29 bits per heavy atom. The minimum absolute atomic E-state index is 0.669. The maximum absolute atomic E-state index is 3.61. The lowest BCUT2D eigenvalue weighted by atomic mass is 10.2. The molecule has 0 aliphatic heterocycles. The van der Waals surface area contributed by atoms with Crippen molar-refractivity contribution in [2.75, 3.05) is 13.1 Å². The first-order valence-electron chi connectivity index (χ1n) is 6.24. The van der Waals surface area contributed by atoms with Gasteiger partial charge in [-0.1, -0.05) is 20.3 Å². The molecule has 0 radical (unpaired) electrons. The van der Waals surface area contributed by atoms with Crippen LogP contribution < -0.4 is 10.6 Å². The van der Waals surface area contributed by atoms with Crippen molar-refractivity contribution in [3.63, 3.8) is 0 Å². The molecule has 0 saturated heterocycles. The molecule has 0 bridgehead atoms. The molecule has 1 aliphatic carbocycles. The first-order valence-corrected chi connectivity index (χ1v) is 6.24. The Morgan fingerprint density at radius 2 is 2.07 bits per heavy atom. The lowest BCUT2D eigenvalue weighted by Gasteiger charge is -2.11. The van der Waals surface area contributed by atoms with Crippen LogP contribution in [-0.4, -0.2) is 25.2 Å². The number of hydrogen-bond donors (Lipinski definition) is 2. The van der Waals surface area contributed by atoms with E-state index < -0.39 is 0 Å². The molecule has 0 aromatic carbocycles. The van der Waals surface area contributed by atoms with Gasteiger partial charge in [-0.15, -0.1) is 0 Å². The first-order chi connectivity index (χ1) is 6.77. The van der Waals surface area contributed by atoms with E-state index in [-0.39, 0.29) is 0 Å². The molecule has 0 aromatic heterocycles. The van der Waals surface area contributed by atoms with Gasteiger partial charge >= 0.3 is 0 Å². The molecule has 0 amide bonds. The monoisotopic (exact) mass is 198 g/mol. The van der Waals surface area contributed by atoms with Gasteiger partial charge in [0.2, 0.25) is 0 Å². The summed E-state index contributed by atoms with van der Waals surface area (Å²) in [5.41, 5.74) is 0. The Hall–Kier alpha value is -0.0800. The zero-order valence-corrected chi connectivity index (χ0v) is 9.97. The Morgan fingerprint density at radius 3 is 2.71 bits per heavy atom. The van der Waals surface area contributed by atoms with E-state index in [2.05, 4.69) is 31.4 Å². The van der Waals surface area contributed by atoms with Gasteiger partial charge in [0, 0.05) is 25.2 Å². The molecule has 0 heterocycles. The molecule has 0 spiro atoms. The quantitative estimate of drug-likeness (QED) is 0.584. The average Bonchev–Trinajstić information content (AvgIpc) is 2.92. The van der Waals surface area contributed by atoms with Crippen molar-refractivity contribution in [3.05, 3.63) is 0 Å². The molecule has 1 rings (SSSR count). The van der Waals surface area contributed by atoms with Crippen LogP contribution in [0.15, 0.2) is 0 Å². The van der Waals surface area contributed by atoms with Crippen molar-refractivity contribution >= 4 is 0 Å². The third-order valence-corrected chi connectivity index (χ3v) is 3.22. The molecule has 3 unspecified atom stereocenters. The summed E-state index contributed by atoms with van der Waals surface area (Å²) in [4.78, 5) is 0. The molecule has 2 nitrogen and oxygen atoms in total. The van der Waals surface area contributed by atoms with Gasteiger partial charge in [0.25, 0.3) is 0 Å². The Bertz CT molecular complexity index is 147. The van der Waals surface area contributed by atoms with Crippen molar-refractivity contribution in [2.24, 2.45) is 5.92 Å². The van der Waals surface area contributed by atoms with Crippen molar-refractivity contribution in [2.45, 2.75) is 58.5 Å². The van der Waals surface area contributed by atoms with Crippen LogP contribution in [0.2, 0.25) is 0 Å². The van der Waals surface area contributed by atoms with Gasteiger partial charge in [-0.2, -0.15) is 0 Å². The number of hydrogen-bond acceptors (Lipinski definition) is 2. The maximum Gasteiger partial charge on any atom is 0.00996 e. The van der Waals surface area contributed by atoms with Crippen LogP contribution in [0.25, 0.3) is 0 Å². The fraction of sp³-hybridized carbons (Fsp3) is 1.00. The molecule has 1 saturated carbocycles. The topological polar surface area (TPSA) is 24.1 Å². The van der Waals surface area contributed by atoms with Gasteiger partial charge in [0.15, 0.2) is 0 Å². The minimum atomic E-state index is 0.669. The fourth-order valence-corrected chi connectivity index (χ4v) is 1.91. The van der Waals surface area contributed by atoms with Crippen molar-refractivity contribution in [1.29, 1.82) is 0 Å². The van der Waals surface area contributed by atoms with Gasteiger partial charge < -0.3 is 10.6 Å². The summed E-state index contributed by atoms with van der Waals surface area (Å²) < 4.78 is 0. The molecule has 3 atom stereocenters. The van der Waals surface area contributed by atoms with Gasteiger partial charge in [-0.25, -0.2) is 0 Å². The van der Waals surface area contributed by atoms with Gasteiger partial charge in [0.05, 0.1) is 0 Å². The molecule has 0 aromatic rings. The smallest absolute Gasteiger partial charge is 0.00996 e. The summed E-state index contributed by atoms with van der Waals surface area (Å²) in [6.45, 7) is 9.00. The Labute approximate surface area is 88.8 Å². The summed E-state index contributed by atoms with van der Waals surface area (Å²) >= 11 is 0. The summed E-state index contributed by atoms with van der Waals surface area (Å²) in [6, 6.07) is 1.51. The lowest BCUT2D eigenvalue weighted by Crippen LogP contribution is -2.34. The van der Waals surface area contributed by atoms with E-state index >= 15 is 0 Å². The molecule has 1 aliphatic rings. The van der Waals surface area contributed by atoms with Crippen LogP contribution in [0.4, 0.5) is 0 Å². The highest BCUT2D eigenvalue weighted by Crippen LogP contribution is 2.34. The zero-order valence-electron chi connectivity index (χ0n) is 9.97. The molecule has 2 heteroatoms. The van der Waals surface area contributed by atoms with Gasteiger partial charge in [-0.3, -0.25) is 0 Å². The van der Waals surface area contributed by atoms with Crippen LogP contribution in [0, 0.1) is 5.92 Å². The summed E-state index contributed by atoms with van der Waals surface area (Å²) in [7, 11) is 0. The second-order valence-corrected chi connectivity index (χ2v) is 4.61. The molecular formula is C12H26N2. The van der Waals surface area contributed by atoms with E-state index in [1.165, 1.54) is 25.7 Å². The van der Waals surface area contributed by atoms with Crippen LogP contribution in [-0.2, 0) is 0 Å². The zero-order chi connectivity index (χ0) is 10.4. The van der Waals surface area contributed by atoms with E-state index in [0.717, 1.165) is 25.0 Å². The van der Waals surface area contributed by atoms with Crippen LogP contribution in [0.3, 0.4) is 0 Å². The fourth-order valence-electron chi connectivity index (χ4n) is 1.91. The second kappa shape index (κ2) is 6.41. The van der Waals surface area contributed by atoms with Crippen molar-refractivity contribution in [1.82, 2.24) is 10.6 Å². The standard InChI is InChI=1S/C12H26N2/c1-4-6-11-9-12(11)14-8-7-13-10(3)5-2/h10-14H,4-9H2,1-3H3. The minimum Gasteiger partial charge on any atom is -0.313 e. The van der Waals surface area contributed by atoms with Crippen LogP contribution in [0.5, 0.6) is 0 Å². The summed E-state index contributed by atoms with van der Waals surface area (Å²) in [5.74, 6) is 0.989. The van der Waals surface area contributed by atoms with Crippen LogP contribution in [0.1, 0.15) is 46.5 Å². The molecule has 2 N–H and O–H groups in total. The lowest BCUT2D eigenvalue weighted by molar-refractivity contribution is 0.507. The van der Waals surface area contributed by atoms with Crippen LogP contribution >= 0.6 is 0 Å². The SMILES string of the molecule is CCCC1CC1NCCNC(C)CC. The van der Waals surface area contributed by atoms with Gasteiger partial charge in [-0.05, 0) is 32.1 Å². The Kier molecular flexibility index (Phi) is 5.49. The predicted octanol–water partition coefficient (Wildman–Crippen LogP) is 2.15. The largest absolute Gasteiger partial charge is 0.313 e. The third kappa shape index (κ3) is 4.43. The summed E-state index contributed by atoms with van der Waals surface area (Å²) in [5, 5.41) is 7.11. The van der Waals surface area contributed by atoms with E-state index in [1.807, 2.05) is 0 Å². The Balaban J connectivity index is 1.86. The predicted molar refractivity (Wildman–Crippen MR) is 62.6 cm³/mol. The number of nitrogens with one attached hydrogen (secondary N) is 2. The van der Waals surface area contributed by atoms with Crippen molar-refractivity contribution < 1.29 is 0 Å². The van der Waals surface area contributed by atoms with Crippen molar-refractivity contribution in [3.8, 4) is 0 Å².